The van der Waals surface area contributed by atoms with Crippen LogP contribution in [0.2, 0.25) is 0 Å². The number of aliphatic hydroxyl groups is 15. The van der Waals surface area contributed by atoms with Crippen LogP contribution in [-0.2, 0) is 14.4 Å². The van der Waals surface area contributed by atoms with Crippen LogP contribution in [0.4, 0.5) is 0 Å². The topological polar surface area (TPSA) is 421 Å². The Labute approximate surface area is 254 Å². The molecule has 21 nitrogen and oxygen atoms in total. The molecule has 22 heteroatoms. The van der Waals surface area contributed by atoms with Gasteiger partial charge in [0.1, 0.15) is 67.1 Å². The van der Waals surface area contributed by atoms with Gasteiger partial charge in [0.25, 0.3) is 0 Å². The minimum atomic E-state index is -2.31. The standard InChI is InChI=1S/3C6H12O7.Ca/c3*7-1-2(8)3(9)4(10)5(11)6(12)13;/h3*2-5,7-11H,1H2,(H,12,13);/q;;;+2/p-2/t3*2-,3-,4+,5-;/m111./s1. The minimum absolute atomic E-state index is 0. The van der Waals surface area contributed by atoms with E-state index < -0.39 is 111 Å². The zero-order chi connectivity index (χ0) is 31.8. The first-order valence-corrected chi connectivity index (χ1v) is 10.4. The molecule has 0 fully saturated rings. The predicted octanol–water partition coefficient (Wildman–Crippen LogP) is -13.5. The van der Waals surface area contributed by atoms with Gasteiger partial charge in [0, 0.05) is 0 Å². The van der Waals surface area contributed by atoms with E-state index in [2.05, 4.69) is 0 Å². The maximum atomic E-state index is 10.1. The molecule has 0 aromatic heterocycles. The average molecular weight is 627 g/mol. The van der Waals surface area contributed by atoms with Gasteiger partial charge in [-0.25, -0.2) is 4.79 Å². The van der Waals surface area contributed by atoms with Gasteiger partial charge >= 0.3 is 43.7 Å². The summed E-state index contributed by atoms with van der Waals surface area (Å²) in [6.07, 6.45) is -24.0. The number of rotatable bonds is 15. The molecule has 0 aliphatic heterocycles. The van der Waals surface area contributed by atoms with Gasteiger partial charge in [-0.15, -0.1) is 0 Å². The van der Waals surface area contributed by atoms with Crippen LogP contribution in [0.3, 0.4) is 0 Å². The summed E-state index contributed by atoms with van der Waals surface area (Å²) in [5.74, 6) is -5.68. The van der Waals surface area contributed by atoms with Gasteiger partial charge in [0.15, 0.2) is 6.10 Å². The van der Waals surface area contributed by atoms with Gasteiger partial charge in [-0.05, 0) is 0 Å². The third-order valence-corrected chi connectivity index (χ3v) is 4.50. The molecule has 0 rings (SSSR count). The molecule has 0 aromatic rings. The molecule has 0 saturated heterocycles. The van der Waals surface area contributed by atoms with Crippen molar-refractivity contribution in [2.75, 3.05) is 19.8 Å². The Morgan fingerprint density at radius 3 is 0.800 bits per heavy atom. The Morgan fingerprint density at radius 1 is 0.450 bits per heavy atom. The first kappa shape index (κ1) is 46.0. The van der Waals surface area contributed by atoms with Crippen molar-refractivity contribution in [2.24, 2.45) is 0 Å². The Hall–Kier alpha value is -0.930. The summed E-state index contributed by atoms with van der Waals surface area (Å²) in [6.45, 7) is -2.57. The molecule has 12 atom stereocenters. The van der Waals surface area contributed by atoms with Crippen LogP contribution in [0, 0.1) is 0 Å². The van der Waals surface area contributed by atoms with Crippen molar-refractivity contribution >= 4 is 55.6 Å². The van der Waals surface area contributed by atoms with E-state index >= 15 is 0 Å². The largest absolute Gasteiger partial charge is 2.00 e. The van der Waals surface area contributed by atoms with Crippen LogP contribution in [-0.4, -0.2) is 230 Å². The number of aliphatic hydroxyl groups excluding tert-OH is 15. The second-order valence-electron chi connectivity index (χ2n) is 7.50. The second kappa shape index (κ2) is 23.6. The first-order valence-electron chi connectivity index (χ1n) is 10.4. The third-order valence-electron chi connectivity index (χ3n) is 4.50. The Bertz CT molecular complexity index is 608. The molecule has 0 aliphatic rings. The molecule has 0 radical (unpaired) electrons. The molecule has 0 amide bonds. The molecule has 234 valence electrons. The van der Waals surface area contributed by atoms with Gasteiger partial charge in [0.05, 0.1) is 31.8 Å². The Morgan fingerprint density at radius 2 is 0.650 bits per heavy atom. The fourth-order valence-corrected chi connectivity index (χ4v) is 1.99. The van der Waals surface area contributed by atoms with Crippen molar-refractivity contribution in [3.05, 3.63) is 0 Å². The Kier molecular flexibility index (Phi) is 27.2. The molecule has 0 unspecified atom stereocenters. The average Bonchev–Trinajstić information content (AvgIpc) is 2.92. The number of hydrogen-bond acceptors (Lipinski definition) is 20. The first-order chi connectivity index (χ1) is 17.7. The number of aliphatic carboxylic acids is 3. The summed E-state index contributed by atoms with van der Waals surface area (Å²) in [6, 6.07) is 0. The summed E-state index contributed by atoms with van der Waals surface area (Å²) < 4.78 is 0. The van der Waals surface area contributed by atoms with E-state index in [0.717, 1.165) is 0 Å². The normalized spacial score (nSPS) is 19.9. The summed E-state index contributed by atoms with van der Waals surface area (Å²) >= 11 is 0. The van der Waals surface area contributed by atoms with Crippen LogP contribution < -0.4 is 10.2 Å². The van der Waals surface area contributed by atoms with E-state index in [1.165, 1.54) is 0 Å². The smallest absolute Gasteiger partial charge is 0.547 e. The van der Waals surface area contributed by atoms with Crippen LogP contribution in [0.1, 0.15) is 0 Å². The zero-order valence-corrected chi connectivity index (χ0v) is 22.7. The molecule has 0 heterocycles. The van der Waals surface area contributed by atoms with Gasteiger partial charge in [-0.3, -0.25) is 0 Å². The molecule has 16 N–H and O–H groups in total. The maximum Gasteiger partial charge on any atom is 2.00 e. The molecule has 0 bridgehead atoms. The summed E-state index contributed by atoms with van der Waals surface area (Å²) in [5.41, 5.74) is 0. The second-order valence-corrected chi connectivity index (χ2v) is 7.50. The van der Waals surface area contributed by atoms with Gasteiger partial charge in [-0.1, -0.05) is 0 Å². The van der Waals surface area contributed by atoms with Gasteiger partial charge < -0.3 is 102 Å². The van der Waals surface area contributed by atoms with Crippen molar-refractivity contribution in [3.8, 4) is 0 Å². The molecule has 40 heavy (non-hydrogen) atoms. The number of carbonyl (C=O) groups excluding carboxylic acids is 2. The van der Waals surface area contributed by atoms with Crippen LogP contribution in [0.5, 0.6) is 0 Å². The maximum absolute atomic E-state index is 10.1. The molecular formula is C18H34CaO21. The van der Waals surface area contributed by atoms with E-state index in [9.17, 15) is 24.6 Å². The van der Waals surface area contributed by atoms with Crippen molar-refractivity contribution in [2.45, 2.75) is 73.2 Å². The number of carbonyl (C=O) groups is 3. The molecule has 0 saturated carbocycles. The van der Waals surface area contributed by atoms with Gasteiger partial charge in [0.2, 0.25) is 0 Å². The van der Waals surface area contributed by atoms with Crippen LogP contribution in [0.25, 0.3) is 0 Å². The zero-order valence-electron chi connectivity index (χ0n) is 20.5. The molecule has 0 spiro atoms. The number of hydrogen-bond donors (Lipinski definition) is 16. The van der Waals surface area contributed by atoms with E-state index in [4.69, 9.17) is 81.7 Å². The van der Waals surface area contributed by atoms with Crippen molar-refractivity contribution in [3.63, 3.8) is 0 Å². The van der Waals surface area contributed by atoms with Crippen LogP contribution in [0.15, 0.2) is 0 Å². The van der Waals surface area contributed by atoms with E-state index in [-0.39, 0.29) is 37.7 Å². The predicted molar refractivity (Wildman–Crippen MR) is 117 cm³/mol. The van der Waals surface area contributed by atoms with Crippen molar-refractivity contribution < 1.29 is 106 Å². The SMILES string of the molecule is O=C(O)[C@H](O)[C@@H](O)[C@H](O)[C@H](O)CO.O=C([O-])[C@H](O)[C@@H](O)[C@H](O)[C@H](O)CO.O=C([O-])[C@H](O)[C@@H](O)[C@H](O)[C@H](O)CO.[Ca+2]. The number of carboxylic acids is 3. The van der Waals surface area contributed by atoms with E-state index in [1.54, 1.807) is 0 Å². The van der Waals surface area contributed by atoms with Crippen molar-refractivity contribution in [1.82, 2.24) is 0 Å². The summed E-state index contributed by atoms with van der Waals surface area (Å²) in [5, 5.41) is 159. The fourth-order valence-electron chi connectivity index (χ4n) is 1.99. The monoisotopic (exact) mass is 626 g/mol. The van der Waals surface area contributed by atoms with E-state index in [0.29, 0.717) is 0 Å². The molecule has 0 aromatic carbocycles. The quantitative estimate of drug-likeness (QED) is 0.0750. The summed E-state index contributed by atoms with van der Waals surface area (Å²) in [7, 11) is 0. The van der Waals surface area contributed by atoms with Crippen molar-refractivity contribution in [1.29, 1.82) is 0 Å². The molecule has 0 aliphatic carbocycles. The minimum Gasteiger partial charge on any atom is -0.547 e. The summed E-state index contributed by atoms with van der Waals surface area (Å²) in [4.78, 5) is 30.1. The number of carboxylic acid groups (broad SMARTS) is 3. The molecular weight excluding hydrogens is 592 g/mol. The third kappa shape index (κ3) is 17.1. The van der Waals surface area contributed by atoms with Gasteiger partial charge in [-0.2, -0.15) is 0 Å². The van der Waals surface area contributed by atoms with Crippen LogP contribution >= 0.6 is 0 Å². The fraction of sp³-hybridized carbons (Fsp3) is 0.833. The van der Waals surface area contributed by atoms with E-state index in [1.807, 2.05) is 0 Å². The Balaban J connectivity index is -0.000000240.